The molecule has 0 unspecified atom stereocenters. The molecule has 2 rings (SSSR count). The third-order valence-electron chi connectivity index (χ3n) is 2.72. The normalized spacial score (nSPS) is 10.1. The minimum Gasteiger partial charge on any atom is -0.484 e. The first-order valence-electron chi connectivity index (χ1n) is 6.35. The largest absolute Gasteiger partial charge is 0.484 e. The number of imidazole rings is 1. The number of hydrogen-bond donors (Lipinski definition) is 3. The van der Waals surface area contributed by atoms with Crippen LogP contribution in [0.1, 0.15) is 11.5 Å². The lowest BCUT2D eigenvalue weighted by atomic mass is 10.3. The maximum Gasteiger partial charge on any atom is 0.257 e. The molecule has 0 saturated carbocycles. The fourth-order valence-corrected chi connectivity index (χ4v) is 1.68. The van der Waals surface area contributed by atoms with Gasteiger partial charge in [-0.25, -0.2) is 4.98 Å². The molecule has 0 fully saturated rings. The maximum atomic E-state index is 11.1. The topological polar surface area (TPSA) is 79.0 Å². The van der Waals surface area contributed by atoms with Crippen molar-refractivity contribution in [2.24, 2.45) is 0 Å². The predicted molar refractivity (Wildman–Crippen MR) is 76.7 cm³/mol. The number of likely N-dealkylation sites (N-methyl/N-ethyl adjacent to an activating group) is 1. The molecule has 0 aliphatic rings. The summed E-state index contributed by atoms with van der Waals surface area (Å²) in [6.07, 6.45) is 1.80. The first-order valence-corrected chi connectivity index (χ1v) is 6.35. The molecule has 2 aromatic rings. The molecule has 1 aromatic heterocycles. The van der Waals surface area contributed by atoms with Gasteiger partial charge < -0.3 is 20.4 Å². The maximum absolute atomic E-state index is 11.1. The van der Waals surface area contributed by atoms with Crippen molar-refractivity contribution in [3.63, 3.8) is 0 Å². The summed E-state index contributed by atoms with van der Waals surface area (Å²) in [5.74, 6) is 1.39. The number of ether oxygens (including phenoxy) is 1. The van der Waals surface area contributed by atoms with Crippen molar-refractivity contribution in [1.29, 1.82) is 0 Å². The van der Waals surface area contributed by atoms with Gasteiger partial charge in [-0.1, -0.05) is 6.07 Å². The minimum atomic E-state index is -0.156. The van der Waals surface area contributed by atoms with Gasteiger partial charge in [-0.2, -0.15) is 0 Å². The van der Waals surface area contributed by atoms with Crippen LogP contribution in [0, 0.1) is 6.92 Å². The number of aromatic amines is 1. The van der Waals surface area contributed by atoms with E-state index >= 15 is 0 Å². The number of benzene rings is 1. The lowest BCUT2D eigenvalue weighted by molar-refractivity contribution is -0.122. The smallest absolute Gasteiger partial charge is 0.257 e. The van der Waals surface area contributed by atoms with Crippen LogP contribution in [0.4, 0.5) is 5.69 Å². The van der Waals surface area contributed by atoms with Gasteiger partial charge in [0, 0.05) is 18.8 Å². The number of aryl methyl sites for hydroxylation is 1. The molecule has 0 aliphatic carbocycles. The van der Waals surface area contributed by atoms with Crippen molar-refractivity contribution in [1.82, 2.24) is 15.3 Å². The Balaban J connectivity index is 1.90. The van der Waals surface area contributed by atoms with E-state index in [1.165, 1.54) is 0 Å². The van der Waals surface area contributed by atoms with Gasteiger partial charge in [0.1, 0.15) is 11.6 Å². The van der Waals surface area contributed by atoms with Crippen LogP contribution in [-0.4, -0.2) is 29.5 Å². The third kappa shape index (κ3) is 4.01. The molecule has 6 heteroatoms. The van der Waals surface area contributed by atoms with Crippen LogP contribution in [0.5, 0.6) is 5.75 Å². The number of nitrogens with one attached hydrogen (secondary N) is 3. The van der Waals surface area contributed by atoms with E-state index in [4.69, 9.17) is 4.74 Å². The zero-order valence-electron chi connectivity index (χ0n) is 11.6. The second-order valence-corrected chi connectivity index (χ2v) is 4.34. The number of amides is 1. The second-order valence-electron chi connectivity index (χ2n) is 4.34. The Morgan fingerprint density at radius 3 is 3.00 bits per heavy atom. The molecule has 106 valence electrons. The average Bonchev–Trinajstić information content (AvgIpc) is 2.88. The summed E-state index contributed by atoms with van der Waals surface area (Å²) in [5, 5.41) is 5.77. The predicted octanol–water partition coefficient (Wildman–Crippen LogP) is 1.46. The molecule has 6 nitrogen and oxygen atoms in total. The molecule has 0 radical (unpaired) electrons. The van der Waals surface area contributed by atoms with Gasteiger partial charge in [-0.15, -0.1) is 0 Å². The second kappa shape index (κ2) is 6.60. The summed E-state index contributed by atoms with van der Waals surface area (Å²) in [6, 6.07) is 7.48. The molecular formula is C14H18N4O2. The fourth-order valence-electron chi connectivity index (χ4n) is 1.68. The summed E-state index contributed by atoms with van der Waals surface area (Å²) in [7, 11) is 1.58. The highest BCUT2D eigenvalue weighted by Gasteiger charge is 2.02. The Morgan fingerprint density at radius 2 is 2.30 bits per heavy atom. The summed E-state index contributed by atoms with van der Waals surface area (Å²) in [6.45, 7) is 2.58. The van der Waals surface area contributed by atoms with E-state index in [1.807, 2.05) is 31.2 Å². The summed E-state index contributed by atoms with van der Waals surface area (Å²) >= 11 is 0. The van der Waals surface area contributed by atoms with Gasteiger partial charge in [0.15, 0.2) is 6.61 Å². The number of hydrogen-bond acceptors (Lipinski definition) is 4. The zero-order chi connectivity index (χ0) is 14.4. The van der Waals surface area contributed by atoms with Crippen molar-refractivity contribution >= 4 is 11.6 Å². The van der Waals surface area contributed by atoms with Crippen molar-refractivity contribution < 1.29 is 9.53 Å². The monoisotopic (exact) mass is 274 g/mol. The molecule has 20 heavy (non-hydrogen) atoms. The van der Waals surface area contributed by atoms with Crippen LogP contribution < -0.4 is 15.4 Å². The van der Waals surface area contributed by atoms with Crippen LogP contribution >= 0.6 is 0 Å². The first-order chi connectivity index (χ1) is 9.67. The SMILES string of the molecule is CNC(=O)COc1cccc(NCc2cnc(C)[nH]2)c1. The van der Waals surface area contributed by atoms with E-state index in [2.05, 4.69) is 20.6 Å². The quantitative estimate of drug-likeness (QED) is 0.745. The molecule has 0 atom stereocenters. The highest BCUT2D eigenvalue weighted by atomic mass is 16.5. The van der Waals surface area contributed by atoms with Gasteiger partial charge in [-0.3, -0.25) is 4.79 Å². The molecule has 1 aromatic carbocycles. The number of carbonyl (C=O) groups excluding carboxylic acids is 1. The van der Waals surface area contributed by atoms with E-state index in [9.17, 15) is 4.79 Å². The van der Waals surface area contributed by atoms with Gasteiger partial charge in [-0.05, 0) is 19.1 Å². The molecule has 0 aliphatic heterocycles. The van der Waals surface area contributed by atoms with Crippen molar-refractivity contribution in [3.8, 4) is 5.75 Å². The van der Waals surface area contributed by atoms with Crippen LogP contribution in [0.3, 0.4) is 0 Å². The Bertz CT molecular complexity index is 580. The molecule has 3 N–H and O–H groups in total. The Labute approximate surface area is 117 Å². The van der Waals surface area contributed by atoms with E-state index < -0.39 is 0 Å². The van der Waals surface area contributed by atoms with Crippen LogP contribution in [-0.2, 0) is 11.3 Å². The number of anilines is 1. The Morgan fingerprint density at radius 1 is 1.45 bits per heavy atom. The molecule has 1 amide bonds. The highest BCUT2D eigenvalue weighted by Crippen LogP contribution is 2.17. The molecule has 0 spiro atoms. The van der Waals surface area contributed by atoms with E-state index in [0.29, 0.717) is 12.3 Å². The van der Waals surface area contributed by atoms with Gasteiger partial charge in [0.05, 0.1) is 18.4 Å². The molecular weight excluding hydrogens is 256 g/mol. The lowest BCUT2D eigenvalue weighted by Gasteiger charge is -2.08. The Hall–Kier alpha value is -2.50. The fraction of sp³-hybridized carbons (Fsp3) is 0.286. The Kier molecular flexibility index (Phi) is 4.60. The van der Waals surface area contributed by atoms with Crippen molar-refractivity contribution in [2.45, 2.75) is 13.5 Å². The van der Waals surface area contributed by atoms with Crippen LogP contribution in [0.25, 0.3) is 0 Å². The standard InChI is InChI=1S/C14H18N4O2/c1-10-16-7-12(18-10)8-17-11-4-3-5-13(6-11)20-9-14(19)15-2/h3-7,17H,8-9H2,1-2H3,(H,15,19)(H,16,18). The lowest BCUT2D eigenvalue weighted by Crippen LogP contribution is -2.24. The highest BCUT2D eigenvalue weighted by molar-refractivity contribution is 5.77. The van der Waals surface area contributed by atoms with E-state index in [0.717, 1.165) is 17.2 Å². The average molecular weight is 274 g/mol. The van der Waals surface area contributed by atoms with E-state index in [-0.39, 0.29) is 12.5 Å². The molecule has 1 heterocycles. The van der Waals surface area contributed by atoms with Gasteiger partial charge in [0.2, 0.25) is 0 Å². The zero-order valence-corrected chi connectivity index (χ0v) is 11.6. The van der Waals surface area contributed by atoms with Gasteiger partial charge in [0.25, 0.3) is 5.91 Å². The summed E-state index contributed by atoms with van der Waals surface area (Å²) in [4.78, 5) is 18.4. The van der Waals surface area contributed by atoms with Crippen LogP contribution in [0.2, 0.25) is 0 Å². The number of carbonyl (C=O) groups is 1. The number of H-pyrrole nitrogens is 1. The first kappa shape index (κ1) is 13.9. The minimum absolute atomic E-state index is 0.0136. The third-order valence-corrected chi connectivity index (χ3v) is 2.72. The van der Waals surface area contributed by atoms with E-state index in [1.54, 1.807) is 13.2 Å². The van der Waals surface area contributed by atoms with Gasteiger partial charge >= 0.3 is 0 Å². The molecule has 0 saturated heterocycles. The number of rotatable bonds is 6. The van der Waals surface area contributed by atoms with Crippen LogP contribution in [0.15, 0.2) is 30.5 Å². The van der Waals surface area contributed by atoms with Crippen molar-refractivity contribution in [2.75, 3.05) is 19.0 Å². The van der Waals surface area contributed by atoms with Crippen molar-refractivity contribution in [3.05, 3.63) is 42.0 Å². The summed E-state index contributed by atoms with van der Waals surface area (Å²) in [5.41, 5.74) is 1.94. The molecule has 0 bridgehead atoms. The number of aromatic nitrogens is 2. The number of nitrogens with zero attached hydrogens (tertiary/aromatic N) is 1. The summed E-state index contributed by atoms with van der Waals surface area (Å²) < 4.78 is 5.38.